The minimum atomic E-state index is 0.413. The molecule has 4 heteroatoms. The van der Waals surface area contributed by atoms with E-state index in [1.54, 1.807) is 0 Å². The molecule has 94 valence electrons. The predicted octanol–water partition coefficient (Wildman–Crippen LogP) is 5.97. The van der Waals surface area contributed by atoms with E-state index in [1.165, 1.54) is 0 Å². The largest absolute Gasteiger partial charge is 0.234 e. The van der Waals surface area contributed by atoms with Crippen LogP contribution in [0.5, 0.6) is 0 Å². The smallest absolute Gasteiger partial charge is 0.139 e. The van der Waals surface area contributed by atoms with Gasteiger partial charge in [0.15, 0.2) is 0 Å². The third kappa shape index (κ3) is 2.25. The first-order valence-electron chi connectivity index (χ1n) is 5.67. The van der Waals surface area contributed by atoms with Crippen molar-refractivity contribution in [2.24, 2.45) is 0 Å². The van der Waals surface area contributed by atoms with Gasteiger partial charge >= 0.3 is 0 Å². The summed E-state index contributed by atoms with van der Waals surface area (Å²) in [6.45, 7) is 0. The Morgan fingerprint density at radius 1 is 0.895 bits per heavy atom. The second kappa shape index (κ2) is 5.12. The Hall–Kier alpha value is -1.09. The molecule has 0 N–H and O–H groups in total. The van der Waals surface area contributed by atoms with Gasteiger partial charge in [-0.15, -0.1) is 0 Å². The predicted molar refractivity (Wildman–Crippen MR) is 84.9 cm³/mol. The van der Waals surface area contributed by atoms with Gasteiger partial charge in [-0.3, -0.25) is 0 Å². The summed E-state index contributed by atoms with van der Waals surface area (Å²) in [6.07, 6.45) is 0. The summed E-state index contributed by atoms with van der Waals surface area (Å²) in [5.74, 6) is 0. The van der Waals surface area contributed by atoms with E-state index in [2.05, 4.69) is 20.9 Å². The number of benzene rings is 2. The minimum Gasteiger partial charge on any atom is -0.234 e. The molecule has 0 atom stereocenters. The molecule has 1 heterocycles. The van der Waals surface area contributed by atoms with Crippen LogP contribution in [0.15, 0.2) is 53.0 Å². The topological polar surface area (TPSA) is 12.9 Å². The Kier molecular flexibility index (Phi) is 3.48. The van der Waals surface area contributed by atoms with Crippen LogP contribution in [-0.4, -0.2) is 4.98 Å². The molecule has 1 aromatic heterocycles. The lowest BCUT2D eigenvalue weighted by Crippen LogP contribution is -1.89. The van der Waals surface area contributed by atoms with Crippen LogP contribution in [0.25, 0.3) is 22.0 Å². The van der Waals surface area contributed by atoms with Gasteiger partial charge in [-0.1, -0.05) is 65.7 Å². The molecule has 1 nitrogen and oxygen atoms in total. The summed E-state index contributed by atoms with van der Waals surface area (Å²) in [5.41, 5.74) is 2.51. The molecule has 3 rings (SSSR count). The molecule has 0 aliphatic rings. The second-order valence-corrected chi connectivity index (χ2v) is 5.68. The van der Waals surface area contributed by atoms with Gasteiger partial charge in [0.1, 0.15) is 5.15 Å². The maximum atomic E-state index is 6.51. The molecule has 0 aliphatic heterocycles. The molecule has 0 amide bonds. The first-order chi connectivity index (χ1) is 9.18. The van der Waals surface area contributed by atoms with E-state index in [0.29, 0.717) is 10.2 Å². The second-order valence-electron chi connectivity index (χ2n) is 4.09. The highest BCUT2D eigenvalue weighted by Gasteiger charge is 2.15. The summed E-state index contributed by atoms with van der Waals surface area (Å²) in [4.78, 5) is 4.45. The molecule has 19 heavy (non-hydrogen) atoms. The van der Waals surface area contributed by atoms with Crippen LogP contribution in [0, 0.1) is 0 Å². The van der Waals surface area contributed by atoms with Crippen LogP contribution in [0.1, 0.15) is 0 Å². The first-order valence-corrected chi connectivity index (χ1v) is 7.22. The molecule has 0 fully saturated rings. The Labute approximate surface area is 129 Å². The lowest BCUT2D eigenvalue weighted by molar-refractivity contribution is 1.40. The average molecular weight is 353 g/mol. The Morgan fingerprint density at radius 2 is 1.63 bits per heavy atom. The Morgan fingerprint density at radius 3 is 2.37 bits per heavy atom. The van der Waals surface area contributed by atoms with Gasteiger partial charge in [0.05, 0.1) is 10.5 Å². The van der Waals surface area contributed by atoms with Crippen LogP contribution in [0.3, 0.4) is 0 Å². The van der Waals surface area contributed by atoms with E-state index < -0.39 is 0 Å². The number of halogens is 3. The van der Waals surface area contributed by atoms with E-state index in [9.17, 15) is 0 Å². The van der Waals surface area contributed by atoms with Crippen LogP contribution < -0.4 is 0 Å². The molecule has 0 aliphatic carbocycles. The molecule has 2 aromatic carbocycles. The van der Waals surface area contributed by atoms with Crippen molar-refractivity contribution in [3.8, 4) is 11.1 Å². The number of hydrogen-bond donors (Lipinski definition) is 0. The zero-order chi connectivity index (χ0) is 13.4. The highest BCUT2D eigenvalue weighted by atomic mass is 79.9. The van der Waals surface area contributed by atoms with Gasteiger partial charge in [0.25, 0.3) is 0 Å². The fourth-order valence-electron chi connectivity index (χ4n) is 2.04. The summed E-state index contributed by atoms with van der Waals surface area (Å²) in [7, 11) is 0. The van der Waals surface area contributed by atoms with Crippen molar-refractivity contribution in [1.82, 2.24) is 4.98 Å². The van der Waals surface area contributed by atoms with E-state index in [4.69, 9.17) is 23.2 Å². The van der Waals surface area contributed by atoms with Gasteiger partial charge in [0, 0.05) is 15.4 Å². The maximum absolute atomic E-state index is 6.51. The van der Waals surface area contributed by atoms with Gasteiger partial charge in [-0.25, -0.2) is 4.98 Å². The number of rotatable bonds is 1. The SMILES string of the molecule is Clc1nc2c(Br)cccc2c(Cl)c1-c1ccccc1. The molecular formula is C15H8BrCl2N. The van der Waals surface area contributed by atoms with E-state index in [-0.39, 0.29) is 0 Å². The van der Waals surface area contributed by atoms with Crippen molar-refractivity contribution in [2.75, 3.05) is 0 Å². The standard InChI is InChI=1S/C15H8BrCl2N/c16-11-8-4-7-10-13(17)12(15(18)19-14(10)11)9-5-2-1-3-6-9/h1-8H. The van der Waals surface area contributed by atoms with Gasteiger partial charge < -0.3 is 0 Å². The van der Waals surface area contributed by atoms with Crippen LogP contribution in [0.4, 0.5) is 0 Å². The van der Waals surface area contributed by atoms with Crippen LogP contribution in [-0.2, 0) is 0 Å². The van der Waals surface area contributed by atoms with Gasteiger partial charge in [0.2, 0.25) is 0 Å². The number of hydrogen-bond acceptors (Lipinski definition) is 1. The normalized spacial score (nSPS) is 10.9. The fraction of sp³-hybridized carbons (Fsp3) is 0. The van der Waals surface area contributed by atoms with Gasteiger partial charge in [-0.05, 0) is 27.6 Å². The van der Waals surface area contributed by atoms with Crippen molar-refractivity contribution in [2.45, 2.75) is 0 Å². The summed E-state index contributed by atoms with van der Waals surface area (Å²) in [5, 5.41) is 1.93. The maximum Gasteiger partial charge on any atom is 0.139 e. The summed E-state index contributed by atoms with van der Waals surface area (Å²) < 4.78 is 0.883. The van der Waals surface area contributed by atoms with Crippen molar-refractivity contribution in [3.05, 3.63) is 63.2 Å². The molecule has 0 unspecified atom stereocenters. The monoisotopic (exact) mass is 351 g/mol. The molecule has 0 saturated heterocycles. The highest BCUT2D eigenvalue weighted by Crippen LogP contribution is 2.39. The molecule has 0 spiro atoms. The fourth-order valence-corrected chi connectivity index (χ4v) is 3.18. The lowest BCUT2D eigenvalue weighted by atomic mass is 10.1. The zero-order valence-electron chi connectivity index (χ0n) is 9.70. The highest BCUT2D eigenvalue weighted by molar-refractivity contribution is 9.10. The third-order valence-corrected chi connectivity index (χ3v) is 4.23. The third-order valence-electron chi connectivity index (χ3n) is 2.92. The van der Waals surface area contributed by atoms with Crippen molar-refractivity contribution in [3.63, 3.8) is 0 Å². The molecule has 3 aromatic rings. The minimum absolute atomic E-state index is 0.413. The quantitative estimate of drug-likeness (QED) is 0.491. The zero-order valence-corrected chi connectivity index (χ0v) is 12.8. The van der Waals surface area contributed by atoms with Crippen LogP contribution >= 0.6 is 39.1 Å². The molecule has 0 radical (unpaired) electrons. The van der Waals surface area contributed by atoms with Crippen molar-refractivity contribution >= 4 is 50.0 Å². The molecule has 0 bridgehead atoms. The number of para-hydroxylation sites is 1. The Bertz CT molecular complexity index is 757. The lowest BCUT2D eigenvalue weighted by Gasteiger charge is -2.10. The Balaban J connectivity index is 2.39. The summed E-state index contributed by atoms with van der Waals surface area (Å²) in [6, 6.07) is 15.6. The van der Waals surface area contributed by atoms with Crippen molar-refractivity contribution < 1.29 is 0 Å². The average Bonchev–Trinajstić information content (AvgIpc) is 2.41. The van der Waals surface area contributed by atoms with E-state index >= 15 is 0 Å². The molecular weight excluding hydrogens is 345 g/mol. The summed E-state index contributed by atoms with van der Waals surface area (Å²) >= 11 is 16.3. The number of aromatic nitrogens is 1. The van der Waals surface area contributed by atoms with Crippen LogP contribution in [0.2, 0.25) is 10.2 Å². The van der Waals surface area contributed by atoms with E-state index in [0.717, 1.165) is 26.5 Å². The number of pyridine rings is 1. The van der Waals surface area contributed by atoms with E-state index in [1.807, 2.05) is 48.5 Å². The first kappa shape index (κ1) is 12.9. The molecule has 0 saturated carbocycles. The van der Waals surface area contributed by atoms with Crippen molar-refractivity contribution in [1.29, 1.82) is 0 Å². The number of nitrogens with zero attached hydrogens (tertiary/aromatic N) is 1. The van der Waals surface area contributed by atoms with Gasteiger partial charge in [-0.2, -0.15) is 0 Å². The number of fused-ring (bicyclic) bond motifs is 1.